The van der Waals surface area contributed by atoms with Crippen molar-refractivity contribution in [3.63, 3.8) is 0 Å². The maximum absolute atomic E-state index is 13.3. The highest BCUT2D eigenvalue weighted by Gasteiger charge is 2.13. The van der Waals surface area contributed by atoms with Gasteiger partial charge in [0.15, 0.2) is 0 Å². The normalized spacial score (nSPS) is 11.0. The highest BCUT2D eigenvalue weighted by molar-refractivity contribution is 5.79. The standard InChI is InChI=1S/C26H26N2O3/c1-17-15-18(2)19(3)24(16-17)31-14-13-28-25(20-9-11-21(30-4)12-10-20)27-23-8-6-5-7-22(23)26(28)29/h5-12,15-16H,13-14H2,1-4H3. The summed E-state index contributed by atoms with van der Waals surface area (Å²) in [5.74, 6) is 2.23. The Balaban J connectivity index is 1.71. The fraction of sp³-hybridized carbons (Fsp3) is 0.231. The van der Waals surface area contributed by atoms with Crippen molar-refractivity contribution >= 4 is 10.9 Å². The monoisotopic (exact) mass is 414 g/mol. The molecule has 0 amide bonds. The molecule has 3 aromatic carbocycles. The highest BCUT2D eigenvalue weighted by atomic mass is 16.5. The Morgan fingerprint density at radius 2 is 1.71 bits per heavy atom. The van der Waals surface area contributed by atoms with Gasteiger partial charge in [-0.1, -0.05) is 18.2 Å². The van der Waals surface area contributed by atoms with Gasteiger partial charge in [-0.25, -0.2) is 4.98 Å². The number of fused-ring (bicyclic) bond motifs is 1. The summed E-state index contributed by atoms with van der Waals surface area (Å²) >= 11 is 0. The molecule has 4 rings (SSSR count). The van der Waals surface area contributed by atoms with Gasteiger partial charge in [-0.15, -0.1) is 0 Å². The maximum Gasteiger partial charge on any atom is 0.261 e. The Kier molecular flexibility index (Phi) is 5.76. The van der Waals surface area contributed by atoms with Crippen LogP contribution in [0.5, 0.6) is 11.5 Å². The number of benzene rings is 3. The molecule has 0 fully saturated rings. The van der Waals surface area contributed by atoms with E-state index < -0.39 is 0 Å². The lowest BCUT2D eigenvalue weighted by Crippen LogP contribution is -2.26. The SMILES string of the molecule is COc1ccc(-c2nc3ccccc3c(=O)n2CCOc2cc(C)cc(C)c2C)cc1. The number of aromatic nitrogens is 2. The van der Waals surface area contributed by atoms with Crippen LogP contribution in [0.3, 0.4) is 0 Å². The molecule has 5 heteroatoms. The van der Waals surface area contributed by atoms with Gasteiger partial charge >= 0.3 is 0 Å². The van der Waals surface area contributed by atoms with Crippen molar-refractivity contribution in [2.24, 2.45) is 0 Å². The van der Waals surface area contributed by atoms with Gasteiger partial charge < -0.3 is 9.47 Å². The van der Waals surface area contributed by atoms with E-state index in [9.17, 15) is 4.79 Å². The minimum atomic E-state index is -0.0721. The summed E-state index contributed by atoms with van der Waals surface area (Å²) in [5, 5.41) is 0.599. The Morgan fingerprint density at radius 3 is 2.45 bits per heavy atom. The molecule has 5 nitrogen and oxygen atoms in total. The third kappa shape index (κ3) is 4.17. The molecule has 0 aliphatic carbocycles. The molecule has 0 N–H and O–H groups in total. The molecular formula is C26H26N2O3. The van der Waals surface area contributed by atoms with Gasteiger partial charge in [0.05, 0.1) is 24.6 Å². The van der Waals surface area contributed by atoms with Crippen LogP contribution in [0.25, 0.3) is 22.3 Å². The number of rotatable bonds is 6. The first-order valence-corrected chi connectivity index (χ1v) is 10.3. The molecule has 1 aromatic heterocycles. The first-order chi connectivity index (χ1) is 15.0. The van der Waals surface area contributed by atoms with Gasteiger partial charge in [-0.3, -0.25) is 9.36 Å². The Labute approximate surface area is 181 Å². The third-order valence-electron chi connectivity index (χ3n) is 5.55. The zero-order valence-electron chi connectivity index (χ0n) is 18.3. The Morgan fingerprint density at radius 1 is 0.968 bits per heavy atom. The van der Waals surface area contributed by atoms with Crippen molar-refractivity contribution in [3.05, 3.63) is 87.7 Å². The van der Waals surface area contributed by atoms with Gasteiger partial charge in [0.25, 0.3) is 5.56 Å². The average molecular weight is 415 g/mol. The molecule has 0 atom stereocenters. The van der Waals surface area contributed by atoms with E-state index in [-0.39, 0.29) is 5.56 Å². The molecule has 0 saturated heterocycles. The highest BCUT2D eigenvalue weighted by Crippen LogP contribution is 2.24. The maximum atomic E-state index is 13.3. The van der Waals surface area contributed by atoms with E-state index in [1.165, 1.54) is 5.56 Å². The van der Waals surface area contributed by atoms with Crippen molar-refractivity contribution < 1.29 is 9.47 Å². The molecule has 0 unspecified atom stereocenters. The van der Waals surface area contributed by atoms with E-state index in [1.54, 1.807) is 11.7 Å². The second-order valence-corrected chi connectivity index (χ2v) is 7.69. The fourth-order valence-corrected chi connectivity index (χ4v) is 3.73. The molecular weight excluding hydrogens is 388 g/mol. The molecule has 31 heavy (non-hydrogen) atoms. The summed E-state index contributed by atoms with van der Waals surface area (Å²) in [7, 11) is 1.63. The molecule has 0 saturated carbocycles. The summed E-state index contributed by atoms with van der Waals surface area (Å²) in [6, 6.07) is 19.2. The third-order valence-corrected chi connectivity index (χ3v) is 5.55. The van der Waals surface area contributed by atoms with Crippen molar-refractivity contribution in [1.29, 1.82) is 0 Å². The quantitative estimate of drug-likeness (QED) is 0.442. The Bertz CT molecular complexity index is 1290. The first-order valence-electron chi connectivity index (χ1n) is 10.3. The average Bonchev–Trinajstić information content (AvgIpc) is 2.78. The van der Waals surface area contributed by atoms with E-state index in [0.29, 0.717) is 29.9 Å². The second-order valence-electron chi connectivity index (χ2n) is 7.69. The van der Waals surface area contributed by atoms with Crippen LogP contribution in [0.2, 0.25) is 0 Å². The van der Waals surface area contributed by atoms with Crippen LogP contribution in [0.1, 0.15) is 16.7 Å². The zero-order valence-corrected chi connectivity index (χ0v) is 18.3. The number of hydrogen-bond acceptors (Lipinski definition) is 4. The summed E-state index contributed by atoms with van der Waals surface area (Å²) in [6.45, 7) is 6.95. The molecule has 4 aromatic rings. The summed E-state index contributed by atoms with van der Waals surface area (Å²) < 4.78 is 13.1. The second kappa shape index (κ2) is 8.64. The number of hydrogen-bond donors (Lipinski definition) is 0. The molecule has 0 aliphatic heterocycles. The molecule has 0 aliphatic rings. The number of aryl methyl sites for hydroxylation is 2. The summed E-state index contributed by atoms with van der Waals surface area (Å²) in [6.07, 6.45) is 0. The van der Waals surface area contributed by atoms with E-state index in [2.05, 4.69) is 26.8 Å². The van der Waals surface area contributed by atoms with Crippen molar-refractivity contribution in [2.75, 3.05) is 13.7 Å². The number of para-hydroxylation sites is 1. The van der Waals surface area contributed by atoms with Crippen LogP contribution in [0.15, 0.2) is 65.5 Å². The lowest BCUT2D eigenvalue weighted by Gasteiger charge is -2.16. The van der Waals surface area contributed by atoms with Gasteiger partial charge in [0, 0.05) is 5.56 Å². The van der Waals surface area contributed by atoms with Gasteiger partial charge in [-0.05, 0) is 79.9 Å². The van der Waals surface area contributed by atoms with E-state index in [0.717, 1.165) is 28.2 Å². The topological polar surface area (TPSA) is 53.3 Å². The number of nitrogens with zero attached hydrogens (tertiary/aromatic N) is 2. The smallest absolute Gasteiger partial charge is 0.261 e. The lowest BCUT2D eigenvalue weighted by atomic mass is 10.1. The minimum Gasteiger partial charge on any atom is -0.497 e. The van der Waals surface area contributed by atoms with Crippen LogP contribution in [-0.2, 0) is 6.54 Å². The van der Waals surface area contributed by atoms with Crippen molar-refractivity contribution in [2.45, 2.75) is 27.3 Å². The minimum absolute atomic E-state index is 0.0721. The van der Waals surface area contributed by atoms with Crippen LogP contribution < -0.4 is 15.0 Å². The zero-order chi connectivity index (χ0) is 22.0. The lowest BCUT2D eigenvalue weighted by molar-refractivity contribution is 0.294. The first kappa shape index (κ1) is 20.7. The molecule has 1 heterocycles. The summed E-state index contributed by atoms with van der Waals surface area (Å²) in [5.41, 5.74) is 4.93. The van der Waals surface area contributed by atoms with E-state index in [1.807, 2.05) is 54.6 Å². The van der Waals surface area contributed by atoms with Gasteiger partial charge in [0.1, 0.15) is 23.9 Å². The number of methoxy groups -OCH3 is 1. The van der Waals surface area contributed by atoms with Crippen LogP contribution in [-0.4, -0.2) is 23.3 Å². The van der Waals surface area contributed by atoms with Crippen molar-refractivity contribution in [1.82, 2.24) is 9.55 Å². The largest absolute Gasteiger partial charge is 0.497 e. The fourth-order valence-electron chi connectivity index (χ4n) is 3.73. The van der Waals surface area contributed by atoms with Crippen LogP contribution in [0.4, 0.5) is 0 Å². The molecule has 0 bridgehead atoms. The molecule has 0 spiro atoms. The van der Waals surface area contributed by atoms with E-state index in [4.69, 9.17) is 14.5 Å². The van der Waals surface area contributed by atoms with Gasteiger partial charge in [-0.2, -0.15) is 0 Å². The van der Waals surface area contributed by atoms with E-state index >= 15 is 0 Å². The predicted molar refractivity (Wildman–Crippen MR) is 124 cm³/mol. The molecule has 158 valence electrons. The van der Waals surface area contributed by atoms with Gasteiger partial charge in [0.2, 0.25) is 0 Å². The Hall–Kier alpha value is -3.60. The predicted octanol–water partition coefficient (Wildman–Crippen LogP) is 5.08. The molecule has 0 radical (unpaired) electrons. The van der Waals surface area contributed by atoms with Crippen LogP contribution >= 0.6 is 0 Å². The van der Waals surface area contributed by atoms with Crippen LogP contribution in [0, 0.1) is 20.8 Å². The summed E-state index contributed by atoms with van der Waals surface area (Å²) in [4.78, 5) is 18.1. The number of ether oxygens (including phenoxy) is 2. The van der Waals surface area contributed by atoms with Crippen molar-refractivity contribution in [3.8, 4) is 22.9 Å².